The van der Waals surface area contributed by atoms with Gasteiger partial charge in [-0.1, -0.05) is 0 Å². The fourth-order valence-electron chi connectivity index (χ4n) is 2.95. The van der Waals surface area contributed by atoms with Gasteiger partial charge in [-0.25, -0.2) is 0 Å². The summed E-state index contributed by atoms with van der Waals surface area (Å²) >= 11 is 0. The second-order valence-electron chi connectivity index (χ2n) is 5.95. The molecule has 5 nitrogen and oxygen atoms in total. The minimum absolute atomic E-state index is 0.0289. The Bertz CT molecular complexity index is 420. The van der Waals surface area contributed by atoms with Crippen LogP contribution in [0.25, 0.3) is 0 Å². The third-order valence-electron chi connectivity index (χ3n) is 4.42. The minimum Gasteiger partial charge on any atom is -0.343 e. The van der Waals surface area contributed by atoms with E-state index in [0.717, 1.165) is 0 Å². The Hall–Kier alpha value is -1.31. The minimum atomic E-state index is -4.17. The highest BCUT2D eigenvalue weighted by Crippen LogP contribution is 2.34. The summed E-state index contributed by atoms with van der Waals surface area (Å²) in [5, 5.41) is 3.04. The lowest BCUT2D eigenvalue weighted by atomic mass is 9.96. The Labute approximate surface area is 127 Å². The van der Waals surface area contributed by atoms with Crippen LogP contribution in [0.3, 0.4) is 0 Å². The van der Waals surface area contributed by atoms with Gasteiger partial charge in [-0.05, 0) is 19.8 Å². The molecule has 0 aromatic carbocycles. The van der Waals surface area contributed by atoms with Gasteiger partial charge in [0.25, 0.3) is 0 Å². The fourth-order valence-corrected chi connectivity index (χ4v) is 2.95. The molecule has 2 fully saturated rings. The van der Waals surface area contributed by atoms with Gasteiger partial charge in [-0.15, -0.1) is 0 Å². The summed E-state index contributed by atoms with van der Waals surface area (Å²) in [6.07, 6.45) is -4.05. The Morgan fingerprint density at radius 2 is 1.91 bits per heavy atom. The number of amides is 2. The highest BCUT2D eigenvalue weighted by atomic mass is 19.4. The third-order valence-corrected chi connectivity index (χ3v) is 4.42. The maximum Gasteiger partial charge on any atom is 0.391 e. The molecule has 126 valence electrons. The molecular formula is C14H22F3N3O2. The van der Waals surface area contributed by atoms with Crippen LogP contribution in [0.5, 0.6) is 0 Å². The number of carbonyl (C=O) groups excluding carboxylic acids is 2. The Balaban J connectivity index is 1.76. The highest BCUT2D eigenvalue weighted by molar-refractivity contribution is 5.83. The second kappa shape index (κ2) is 6.85. The van der Waals surface area contributed by atoms with E-state index in [2.05, 4.69) is 5.32 Å². The van der Waals surface area contributed by atoms with Crippen LogP contribution in [0.2, 0.25) is 0 Å². The summed E-state index contributed by atoms with van der Waals surface area (Å²) in [4.78, 5) is 27.1. The van der Waals surface area contributed by atoms with E-state index in [0.29, 0.717) is 19.6 Å². The van der Waals surface area contributed by atoms with Crippen molar-refractivity contribution >= 4 is 11.8 Å². The number of nitrogens with zero attached hydrogens (tertiary/aromatic N) is 2. The molecule has 2 aliphatic rings. The molecule has 0 saturated carbocycles. The van der Waals surface area contributed by atoms with Gasteiger partial charge in [0.05, 0.1) is 12.0 Å². The van der Waals surface area contributed by atoms with Crippen molar-refractivity contribution in [1.29, 1.82) is 0 Å². The molecule has 2 amide bonds. The summed E-state index contributed by atoms with van der Waals surface area (Å²) in [5.74, 6) is -1.50. The number of rotatable bonds is 3. The molecule has 8 heteroatoms. The maximum atomic E-state index is 12.6. The lowest BCUT2D eigenvalue weighted by Crippen LogP contribution is -2.54. The number of hydrogen-bond acceptors (Lipinski definition) is 3. The zero-order valence-corrected chi connectivity index (χ0v) is 12.7. The van der Waals surface area contributed by atoms with Gasteiger partial charge in [0.2, 0.25) is 11.8 Å². The van der Waals surface area contributed by atoms with Crippen LogP contribution in [0.1, 0.15) is 26.2 Å². The van der Waals surface area contributed by atoms with Gasteiger partial charge in [0.1, 0.15) is 0 Å². The van der Waals surface area contributed by atoms with Crippen molar-refractivity contribution in [3.05, 3.63) is 0 Å². The average Bonchev–Trinajstić information content (AvgIpc) is 2.48. The van der Waals surface area contributed by atoms with Gasteiger partial charge in [-0.2, -0.15) is 13.2 Å². The number of alkyl halides is 3. The molecule has 1 atom stereocenters. The number of piperazine rings is 1. The topological polar surface area (TPSA) is 52.7 Å². The fraction of sp³-hybridized carbons (Fsp3) is 0.857. The third kappa shape index (κ3) is 4.12. The van der Waals surface area contributed by atoms with E-state index in [-0.39, 0.29) is 50.2 Å². The van der Waals surface area contributed by atoms with Crippen LogP contribution in [0, 0.1) is 5.92 Å². The van der Waals surface area contributed by atoms with Gasteiger partial charge in [0, 0.05) is 39.1 Å². The zero-order chi connectivity index (χ0) is 16.3. The van der Waals surface area contributed by atoms with E-state index in [1.165, 1.54) is 4.90 Å². The molecule has 2 saturated heterocycles. The lowest BCUT2D eigenvalue weighted by Gasteiger charge is -2.34. The molecule has 0 aliphatic carbocycles. The molecule has 0 spiro atoms. The predicted octanol–water partition coefficient (Wildman–Crippen LogP) is 0.998. The molecule has 22 heavy (non-hydrogen) atoms. The molecule has 1 N–H and O–H groups in total. The molecule has 0 aromatic rings. The van der Waals surface area contributed by atoms with Gasteiger partial charge in [-0.3, -0.25) is 9.59 Å². The summed E-state index contributed by atoms with van der Waals surface area (Å²) in [6.45, 7) is 3.66. The quantitative estimate of drug-likeness (QED) is 0.844. The van der Waals surface area contributed by atoms with Crippen LogP contribution in [0.15, 0.2) is 0 Å². The van der Waals surface area contributed by atoms with Crippen LogP contribution >= 0.6 is 0 Å². The van der Waals surface area contributed by atoms with Gasteiger partial charge < -0.3 is 15.1 Å². The summed E-state index contributed by atoms with van der Waals surface area (Å²) in [7, 11) is 0. The number of halogens is 3. The molecule has 0 aromatic heterocycles. The normalized spacial score (nSPS) is 24.7. The van der Waals surface area contributed by atoms with E-state index in [1.54, 1.807) is 11.8 Å². The van der Waals surface area contributed by atoms with Crippen LogP contribution in [-0.2, 0) is 9.59 Å². The van der Waals surface area contributed by atoms with Crippen LogP contribution < -0.4 is 5.32 Å². The summed E-state index contributed by atoms with van der Waals surface area (Å²) < 4.78 is 37.8. The highest BCUT2D eigenvalue weighted by Gasteiger charge is 2.41. The van der Waals surface area contributed by atoms with E-state index in [4.69, 9.17) is 0 Å². The molecule has 0 bridgehead atoms. The standard InChI is InChI=1S/C14H22F3N3O2/c1-10-13(22)20(9-5-18-10)8-4-12(21)19-6-2-11(3-7-19)14(15,16)17/h10-11,18H,2-9H2,1H3/t10-/m0/s1. The van der Waals surface area contributed by atoms with Gasteiger partial charge >= 0.3 is 6.18 Å². The van der Waals surface area contributed by atoms with Crippen molar-refractivity contribution in [2.45, 2.75) is 38.4 Å². The van der Waals surface area contributed by atoms with Crippen LogP contribution in [-0.4, -0.2) is 66.6 Å². The number of likely N-dealkylation sites (tertiary alicyclic amines) is 1. The van der Waals surface area contributed by atoms with E-state index in [9.17, 15) is 22.8 Å². The molecule has 0 unspecified atom stereocenters. The van der Waals surface area contributed by atoms with E-state index < -0.39 is 12.1 Å². The summed E-state index contributed by atoms with van der Waals surface area (Å²) in [6, 6.07) is -0.244. The largest absolute Gasteiger partial charge is 0.391 e. The number of carbonyl (C=O) groups is 2. The first-order valence-corrected chi connectivity index (χ1v) is 7.65. The van der Waals surface area contributed by atoms with Gasteiger partial charge in [0.15, 0.2) is 0 Å². The van der Waals surface area contributed by atoms with E-state index >= 15 is 0 Å². The first-order valence-electron chi connectivity index (χ1n) is 7.65. The van der Waals surface area contributed by atoms with Crippen LogP contribution in [0.4, 0.5) is 13.2 Å². The Kier molecular flexibility index (Phi) is 5.31. The molecule has 2 aliphatic heterocycles. The number of nitrogens with one attached hydrogen (secondary N) is 1. The monoisotopic (exact) mass is 321 g/mol. The molecule has 2 rings (SSSR count). The van der Waals surface area contributed by atoms with Crippen molar-refractivity contribution in [3.8, 4) is 0 Å². The number of piperidine rings is 1. The average molecular weight is 321 g/mol. The van der Waals surface area contributed by atoms with Crippen molar-refractivity contribution in [1.82, 2.24) is 15.1 Å². The van der Waals surface area contributed by atoms with Crippen molar-refractivity contribution in [3.63, 3.8) is 0 Å². The second-order valence-corrected chi connectivity index (χ2v) is 5.95. The first kappa shape index (κ1) is 17.1. The lowest BCUT2D eigenvalue weighted by molar-refractivity contribution is -0.186. The molecule has 0 radical (unpaired) electrons. The van der Waals surface area contributed by atoms with Crippen molar-refractivity contribution < 1.29 is 22.8 Å². The van der Waals surface area contributed by atoms with E-state index in [1.807, 2.05) is 0 Å². The predicted molar refractivity (Wildman–Crippen MR) is 74.0 cm³/mol. The smallest absolute Gasteiger partial charge is 0.343 e. The first-order chi connectivity index (χ1) is 10.3. The zero-order valence-electron chi connectivity index (χ0n) is 12.7. The van der Waals surface area contributed by atoms with Crippen molar-refractivity contribution in [2.75, 3.05) is 32.7 Å². The number of hydrogen-bond donors (Lipinski definition) is 1. The van der Waals surface area contributed by atoms with Crippen molar-refractivity contribution in [2.24, 2.45) is 5.92 Å². The Morgan fingerprint density at radius 1 is 1.27 bits per heavy atom. The summed E-state index contributed by atoms with van der Waals surface area (Å²) in [5.41, 5.74) is 0. The molecule has 2 heterocycles. The SMILES string of the molecule is C[C@@H]1NCCN(CCC(=O)N2CCC(C(F)(F)F)CC2)C1=O. The Morgan fingerprint density at radius 3 is 2.50 bits per heavy atom. The maximum absolute atomic E-state index is 12.6. The molecular weight excluding hydrogens is 299 g/mol.